The van der Waals surface area contributed by atoms with Crippen LogP contribution in [0.1, 0.15) is 55.8 Å². The summed E-state index contributed by atoms with van der Waals surface area (Å²) in [5.41, 5.74) is 0.216. The highest BCUT2D eigenvalue weighted by molar-refractivity contribution is 7.89. The van der Waals surface area contributed by atoms with Crippen LogP contribution >= 0.6 is 11.6 Å². The van der Waals surface area contributed by atoms with Gasteiger partial charge in [-0.2, -0.15) is 4.31 Å². The van der Waals surface area contributed by atoms with Gasteiger partial charge in [0.25, 0.3) is 5.91 Å². The Kier molecular flexibility index (Phi) is 7.36. The van der Waals surface area contributed by atoms with Crippen molar-refractivity contribution in [2.24, 2.45) is 0 Å². The quantitative estimate of drug-likeness (QED) is 0.725. The third kappa shape index (κ3) is 5.06. The first-order chi connectivity index (χ1) is 13.4. The molecule has 156 valence electrons. The zero-order valence-electron chi connectivity index (χ0n) is 16.5. The molecule has 2 aliphatic heterocycles. The molecule has 2 aliphatic rings. The van der Waals surface area contributed by atoms with Crippen LogP contribution in [-0.4, -0.2) is 62.3 Å². The van der Waals surface area contributed by atoms with Crippen molar-refractivity contribution >= 4 is 27.5 Å². The number of hydrogen-bond donors (Lipinski definition) is 1. The molecule has 0 saturated carbocycles. The highest BCUT2D eigenvalue weighted by Crippen LogP contribution is 2.25. The van der Waals surface area contributed by atoms with Gasteiger partial charge in [-0.15, -0.1) is 0 Å². The Balaban J connectivity index is 1.64. The first-order valence-electron chi connectivity index (χ1n) is 10.2. The Hall–Kier alpha value is -1.15. The summed E-state index contributed by atoms with van der Waals surface area (Å²) in [5, 5.41) is 3.16. The van der Waals surface area contributed by atoms with Gasteiger partial charge in [-0.1, -0.05) is 18.0 Å². The number of halogens is 1. The van der Waals surface area contributed by atoms with E-state index >= 15 is 0 Å². The number of hydrogen-bond acceptors (Lipinski definition) is 4. The molecule has 0 bridgehead atoms. The molecule has 1 amide bonds. The minimum Gasteiger partial charge on any atom is -0.352 e. The van der Waals surface area contributed by atoms with E-state index in [-0.39, 0.29) is 21.4 Å². The molecular formula is C20H30ClN3O3S. The third-order valence-corrected chi connectivity index (χ3v) is 7.97. The summed E-state index contributed by atoms with van der Waals surface area (Å²) in [6, 6.07) is 4.81. The van der Waals surface area contributed by atoms with Crippen LogP contribution in [-0.2, 0) is 10.0 Å². The molecule has 0 unspecified atom stereocenters. The molecule has 0 spiro atoms. The molecule has 1 N–H and O–H groups in total. The third-order valence-electron chi connectivity index (χ3n) is 5.75. The molecule has 0 aliphatic carbocycles. The monoisotopic (exact) mass is 427 g/mol. The number of nitrogens with one attached hydrogen (secondary N) is 1. The Labute approximate surface area is 173 Å². The Morgan fingerprint density at radius 1 is 1.11 bits per heavy atom. The summed E-state index contributed by atoms with van der Waals surface area (Å²) in [6.45, 7) is 6.02. The van der Waals surface area contributed by atoms with Gasteiger partial charge in [-0.3, -0.25) is 4.79 Å². The van der Waals surface area contributed by atoms with Crippen molar-refractivity contribution in [2.75, 3.05) is 32.7 Å². The number of sulfonamides is 1. The zero-order valence-corrected chi connectivity index (χ0v) is 18.1. The minimum atomic E-state index is -3.59. The zero-order chi connectivity index (χ0) is 20.1. The first kappa shape index (κ1) is 21.6. The molecule has 1 atom stereocenters. The lowest BCUT2D eigenvalue weighted by Gasteiger charge is -2.26. The number of carbonyl (C=O) groups is 1. The van der Waals surface area contributed by atoms with Crippen LogP contribution < -0.4 is 5.32 Å². The van der Waals surface area contributed by atoms with Crippen LogP contribution in [0.15, 0.2) is 23.1 Å². The summed E-state index contributed by atoms with van der Waals surface area (Å²) in [4.78, 5) is 15.2. The van der Waals surface area contributed by atoms with E-state index in [4.69, 9.17) is 11.6 Å². The lowest BCUT2D eigenvalue weighted by atomic mass is 10.2. The fourth-order valence-electron chi connectivity index (χ4n) is 3.95. The number of carbonyl (C=O) groups excluding carboxylic acids is 1. The maximum absolute atomic E-state index is 12.9. The summed E-state index contributed by atoms with van der Waals surface area (Å²) in [7, 11) is -3.59. The summed E-state index contributed by atoms with van der Waals surface area (Å²) < 4.78 is 27.2. The Morgan fingerprint density at radius 2 is 1.75 bits per heavy atom. The second kappa shape index (κ2) is 9.57. The van der Waals surface area contributed by atoms with E-state index in [0.717, 1.165) is 38.8 Å². The standard InChI is InChI=1S/C20H30ClN3O3S/c1-16(23-11-5-6-12-23)9-10-22-20(25)18-15-17(7-8-19(18)21)28(26,27)24-13-3-2-4-14-24/h7-8,15-16H,2-6,9-14H2,1H3,(H,22,25)/t16-/m1/s1. The van der Waals surface area contributed by atoms with Crippen LogP contribution in [0.3, 0.4) is 0 Å². The molecule has 0 aromatic heterocycles. The lowest BCUT2D eigenvalue weighted by molar-refractivity contribution is 0.0949. The molecule has 28 heavy (non-hydrogen) atoms. The SMILES string of the molecule is C[C@H](CCNC(=O)c1cc(S(=O)(=O)N2CCCCC2)ccc1Cl)N1CCCC1. The van der Waals surface area contributed by atoms with Gasteiger partial charge in [0.15, 0.2) is 0 Å². The van der Waals surface area contributed by atoms with E-state index in [1.165, 1.54) is 35.3 Å². The number of piperidine rings is 1. The van der Waals surface area contributed by atoms with Gasteiger partial charge >= 0.3 is 0 Å². The Morgan fingerprint density at radius 3 is 2.43 bits per heavy atom. The number of rotatable bonds is 7. The van der Waals surface area contributed by atoms with Crippen LogP contribution in [0.5, 0.6) is 0 Å². The second-order valence-electron chi connectivity index (χ2n) is 7.74. The van der Waals surface area contributed by atoms with Gasteiger partial charge in [0.05, 0.1) is 15.5 Å². The highest BCUT2D eigenvalue weighted by Gasteiger charge is 2.27. The smallest absolute Gasteiger partial charge is 0.252 e. The molecule has 6 nitrogen and oxygen atoms in total. The molecule has 3 rings (SSSR count). The van der Waals surface area contributed by atoms with Crippen molar-refractivity contribution in [3.05, 3.63) is 28.8 Å². The van der Waals surface area contributed by atoms with E-state index < -0.39 is 10.0 Å². The summed E-state index contributed by atoms with van der Waals surface area (Å²) in [5.74, 6) is -0.325. The number of likely N-dealkylation sites (tertiary alicyclic amines) is 1. The molecule has 2 saturated heterocycles. The molecular weight excluding hydrogens is 398 g/mol. The fraction of sp³-hybridized carbons (Fsp3) is 0.650. The van der Waals surface area contributed by atoms with Gasteiger partial charge in [0, 0.05) is 25.7 Å². The summed E-state index contributed by atoms with van der Waals surface area (Å²) >= 11 is 6.19. The van der Waals surface area contributed by atoms with Gasteiger partial charge in [0.1, 0.15) is 0 Å². The normalized spacial score (nSPS) is 20.2. The van der Waals surface area contributed by atoms with Crippen molar-refractivity contribution in [3.63, 3.8) is 0 Å². The average molecular weight is 428 g/mol. The average Bonchev–Trinajstić information content (AvgIpc) is 3.23. The second-order valence-corrected chi connectivity index (χ2v) is 10.1. The summed E-state index contributed by atoms with van der Waals surface area (Å²) in [6.07, 6.45) is 6.13. The van der Waals surface area contributed by atoms with Crippen molar-refractivity contribution in [2.45, 2.75) is 56.4 Å². The van der Waals surface area contributed by atoms with Gasteiger partial charge in [-0.05, 0) is 70.3 Å². The molecule has 2 heterocycles. The van der Waals surface area contributed by atoms with Crippen molar-refractivity contribution in [1.82, 2.24) is 14.5 Å². The number of benzene rings is 1. The van der Waals surface area contributed by atoms with Crippen LogP contribution in [0.2, 0.25) is 5.02 Å². The van der Waals surface area contributed by atoms with Gasteiger partial charge < -0.3 is 10.2 Å². The molecule has 2 fully saturated rings. The van der Waals surface area contributed by atoms with E-state index in [0.29, 0.717) is 25.7 Å². The van der Waals surface area contributed by atoms with Crippen LogP contribution in [0.25, 0.3) is 0 Å². The largest absolute Gasteiger partial charge is 0.352 e. The maximum Gasteiger partial charge on any atom is 0.252 e. The van der Waals surface area contributed by atoms with Crippen molar-refractivity contribution < 1.29 is 13.2 Å². The molecule has 1 aromatic carbocycles. The predicted octanol–water partition coefficient (Wildman–Crippen LogP) is 3.12. The van der Waals surface area contributed by atoms with Crippen LogP contribution in [0.4, 0.5) is 0 Å². The van der Waals surface area contributed by atoms with E-state index in [9.17, 15) is 13.2 Å². The van der Waals surface area contributed by atoms with E-state index in [2.05, 4.69) is 17.1 Å². The Bertz CT molecular complexity index is 788. The maximum atomic E-state index is 12.9. The fourth-order valence-corrected chi connectivity index (χ4v) is 5.70. The number of amides is 1. The van der Waals surface area contributed by atoms with Crippen molar-refractivity contribution in [1.29, 1.82) is 0 Å². The predicted molar refractivity (Wildman–Crippen MR) is 111 cm³/mol. The first-order valence-corrected chi connectivity index (χ1v) is 12.0. The molecule has 1 aromatic rings. The molecule has 8 heteroatoms. The number of nitrogens with zero attached hydrogens (tertiary/aromatic N) is 2. The van der Waals surface area contributed by atoms with Gasteiger partial charge in [0.2, 0.25) is 10.0 Å². The van der Waals surface area contributed by atoms with Crippen LogP contribution in [0, 0.1) is 0 Å². The minimum absolute atomic E-state index is 0.134. The van der Waals surface area contributed by atoms with Gasteiger partial charge in [-0.25, -0.2) is 8.42 Å². The molecule has 0 radical (unpaired) electrons. The van der Waals surface area contributed by atoms with Crippen molar-refractivity contribution in [3.8, 4) is 0 Å². The highest BCUT2D eigenvalue weighted by atomic mass is 35.5. The van der Waals surface area contributed by atoms with E-state index in [1.54, 1.807) is 0 Å². The lowest BCUT2D eigenvalue weighted by Crippen LogP contribution is -2.36. The van der Waals surface area contributed by atoms with E-state index in [1.807, 2.05) is 0 Å². The topological polar surface area (TPSA) is 69.7 Å².